The van der Waals surface area contributed by atoms with Crippen LogP contribution < -0.4 is 10.6 Å². The Kier molecular flexibility index (Phi) is 5.59. The summed E-state index contributed by atoms with van der Waals surface area (Å²) >= 11 is 0. The quantitative estimate of drug-likeness (QED) is 0.252. The van der Waals surface area contributed by atoms with Crippen LogP contribution in [0.4, 0.5) is 10.2 Å². The number of aromatic nitrogens is 6. The number of nitrogens with one attached hydrogen (secondary N) is 3. The van der Waals surface area contributed by atoms with Gasteiger partial charge in [-0.15, -0.1) is 0 Å². The van der Waals surface area contributed by atoms with E-state index in [1.54, 1.807) is 12.3 Å². The van der Waals surface area contributed by atoms with E-state index in [0.29, 0.717) is 28.6 Å². The average molecular weight is 523 g/mol. The fourth-order valence-electron chi connectivity index (χ4n) is 5.75. The molecule has 1 saturated heterocycles. The van der Waals surface area contributed by atoms with Crippen LogP contribution in [0.15, 0.2) is 43.0 Å². The zero-order chi connectivity index (χ0) is 26.7. The first-order valence-corrected chi connectivity index (χ1v) is 13.6. The molecule has 9 heteroatoms. The van der Waals surface area contributed by atoms with Crippen LogP contribution in [0, 0.1) is 18.3 Å². The molecule has 7 rings (SSSR count). The van der Waals surface area contributed by atoms with Crippen LogP contribution in [-0.2, 0) is 0 Å². The number of halogens is 1. The number of hydrogen-bond donors (Lipinski definition) is 3. The molecule has 8 nitrogen and oxygen atoms in total. The van der Waals surface area contributed by atoms with E-state index in [2.05, 4.69) is 44.4 Å². The van der Waals surface area contributed by atoms with Gasteiger partial charge in [-0.2, -0.15) is 4.39 Å². The first kappa shape index (κ1) is 24.1. The summed E-state index contributed by atoms with van der Waals surface area (Å²) in [5, 5.41) is 9.26. The van der Waals surface area contributed by atoms with Crippen molar-refractivity contribution in [1.29, 1.82) is 0 Å². The van der Waals surface area contributed by atoms with Crippen molar-refractivity contribution in [2.45, 2.75) is 52.0 Å². The number of nitrogens with zero attached hydrogens (tertiary/aromatic N) is 5. The minimum atomic E-state index is -0.523. The molecule has 5 aromatic heterocycles. The van der Waals surface area contributed by atoms with Crippen LogP contribution >= 0.6 is 0 Å². The summed E-state index contributed by atoms with van der Waals surface area (Å²) in [5.41, 5.74) is 5.49. The van der Waals surface area contributed by atoms with Crippen LogP contribution in [0.1, 0.15) is 50.2 Å². The van der Waals surface area contributed by atoms with E-state index in [0.717, 1.165) is 52.7 Å². The van der Waals surface area contributed by atoms with E-state index in [9.17, 15) is 4.39 Å². The van der Waals surface area contributed by atoms with Crippen molar-refractivity contribution < 1.29 is 4.39 Å². The maximum Gasteiger partial charge on any atom is 0.222 e. The number of hydrogen-bond acceptors (Lipinski definition) is 7. The van der Waals surface area contributed by atoms with Crippen molar-refractivity contribution in [1.82, 2.24) is 35.2 Å². The molecule has 5 aromatic rings. The first-order valence-electron chi connectivity index (χ1n) is 13.6. The smallest absolute Gasteiger partial charge is 0.222 e. The Morgan fingerprint density at radius 2 is 1.90 bits per heavy atom. The number of pyridine rings is 3. The predicted molar refractivity (Wildman–Crippen MR) is 151 cm³/mol. The van der Waals surface area contributed by atoms with Crippen LogP contribution in [0.5, 0.6) is 0 Å². The van der Waals surface area contributed by atoms with Crippen molar-refractivity contribution in [3.8, 4) is 22.6 Å². The highest BCUT2D eigenvalue weighted by Crippen LogP contribution is 2.45. The summed E-state index contributed by atoms with van der Waals surface area (Å²) in [7, 11) is 0. The Morgan fingerprint density at radius 3 is 2.72 bits per heavy atom. The standard InChI is InChI=1S/C30H31FN8/c1-16-10-20(26(31)35-12-16)22-11-19-18(6-9-34-27(19)36-22)28-37-23-14-33-13-21(17-4-5-17)25(23)29(39-28)38-24-7-8-32-15-30(24,2)3/h6,9-14,17,24,32H,4-5,7-8,15H2,1-3H3,(H,34,36)(H,37,38,39)/t24-/m0/s1. The maximum absolute atomic E-state index is 14.6. The largest absolute Gasteiger partial charge is 0.366 e. The zero-order valence-corrected chi connectivity index (χ0v) is 22.3. The lowest BCUT2D eigenvalue weighted by Gasteiger charge is -2.40. The number of piperidine rings is 1. The fraction of sp³-hybridized carbons (Fsp3) is 0.367. The van der Waals surface area contributed by atoms with Gasteiger partial charge in [0.2, 0.25) is 5.95 Å². The molecule has 0 radical (unpaired) electrons. The van der Waals surface area contributed by atoms with Gasteiger partial charge in [-0.25, -0.2) is 19.9 Å². The highest BCUT2D eigenvalue weighted by atomic mass is 19.1. The van der Waals surface area contributed by atoms with Gasteiger partial charge in [0.25, 0.3) is 0 Å². The summed E-state index contributed by atoms with van der Waals surface area (Å²) in [6, 6.07) is 5.88. The highest BCUT2D eigenvalue weighted by molar-refractivity contribution is 5.98. The van der Waals surface area contributed by atoms with E-state index < -0.39 is 5.95 Å². The molecule has 2 fully saturated rings. The molecule has 2 aliphatic rings. The Morgan fingerprint density at radius 1 is 1.03 bits per heavy atom. The predicted octanol–water partition coefficient (Wildman–Crippen LogP) is 5.76. The monoisotopic (exact) mass is 522 g/mol. The van der Waals surface area contributed by atoms with Crippen LogP contribution in [-0.4, -0.2) is 49.0 Å². The fourth-order valence-corrected chi connectivity index (χ4v) is 5.75. The molecule has 1 aliphatic heterocycles. The summed E-state index contributed by atoms with van der Waals surface area (Å²) < 4.78 is 14.6. The van der Waals surface area contributed by atoms with Crippen molar-refractivity contribution in [3.05, 3.63) is 60.1 Å². The average Bonchev–Trinajstić information content (AvgIpc) is 3.68. The number of aryl methyl sites for hydroxylation is 1. The van der Waals surface area contributed by atoms with Crippen LogP contribution in [0.2, 0.25) is 0 Å². The van der Waals surface area contributed by atoms with Gasteiger partial charge in [0, 0.05) is 47.5 Å². The molecule has 6 heterocycles. The lowest BCUT2D eigenvalue weighted by Crippen LogP contribution is -2.49. The molecule has 0 amide bonds. The van der Waals surface area contributed by atoms with E-state index in [1.165, 1.54) is 24.6 Å². The van der Waals surface area contributed by atoms with Gasteiger partial charge in [0.1, 0.15) is 11.5 Å². The van der Waals surface area contributed by atoms with Gasteiger partial charge in [0.15, 0.2) is 5.82 Å². The lowest BCUT2D eigenvalue weighted by molar-refractivity contribution is 0.236. The van der Waals surface area contributed by atoms with Gasteiger partial charge in [-0.1, -0.05) is 13.8 Å². The molecular weight excluding hydrogens is 491 g/mol. The molecule has 0 unspecified atom stereocenters. The minimum Gasteiger partial charge on any atom is -0.366 e. The third-order valence-electron chi connectivity index (χ3n) is 8.14. The molecule has 0 aromatic carbocycles. The molecule has 198 valence electrons. The number of rotatable bonds is 5. The van der Waals surface area contributed by atoms with Gasteiger partial charge >= 0.3 is 0 Å². The minimum absolute atomic E-state index is 0.0634. The first-order chi connectivity index (χ1) is 18.9. The van der Waals surface area contributed by atoms with Crippen molar-refractivity contribution in [2.24, 2.45) is 5.41 Å². The second-order valence-electron chi connectivity index (χ2n) is 11.6. The highest BCUT2D eigenvalue weighted by Gasteiger charge is 2.34. The molecule has 1 aliphatic carbocycles. The lowest BCUT2D eigenvalue weighted by atomic mass is 9.80. The number of H-pyrrole nitrogens is 1. The van der Waals surface area contributed by atoms with Crippen molar-refractivity contribution in [2.75, 3.05) is 18.4 Å². The summed E-state index contributed by atoms with van der Waals surface area (Å²) in [4.78, 5) is 26.4. The topological polar surface area (TPSA) is 104 Å². The van der Waals surface area contributed by atoms with Crippen LogP contribution in [0.25, 0.3) is 44.6 Å². The third-order valence-corrected chi connectivity index (χ3v) is 8.14. The van der Waals surface area contributed by atoms with E-state index in [4.69, 9.17) is 9.97 Å². The number of aromatic amines is 1. The second-order valence-corrected chi connectivity index (χ2v) is 11.6. The third kappa shape index (κ3) is 4.30. The van der Waals surface area contributed by atoms with E-state index in [-0.39, 0.29) is 11.5 Å². The van der Waals surface area contributed by atoms with E-state index >= 15 is 0 Å². The molecule has 1 atom stereocenters. The van der Waals surface area contributed by atoms with E-state index in [1.807, 2.05) is 31.5 Å². The maximum atomic E-state index is 14.6. The Bertz CT molecular complexity index is 1720. The molecule has 0 spiro atoms. The second kappa shape index (κ2) is 9.05. The molecular formula is C30H31FN8. The van der Waals surface area contributed by atoms with Gasteiger partial charge in [-0.05, 0) is 73.4 Å². The molecule has 3 N–H and O–H groups in total. The van der Waals surface area contributed by atoms with Crippen molar-refractivity contribution >= 4 is 27.8 Å². The summed E-state index contributed by atoms with van der Waals surface area (Å²) in [6.07, 6.45) is 10.4. The number of anilines is 1. The van der Waals surface area contributed by atoms with Crippen molar-refractivity contribution in [3.63, 3.8) is 0 Å². The normalized spacial score (nSPS) is 19.0. The Hall–Kier alpha value is -3.98. The van der Waals surface area contributed by atoms with Crippen LogP contribution in [0.3, 0.4) is 0 Å². The van der Waals surface area contributed by atoms with Gasteiger partial charge < -0.3 is 15.6 Å². The molecule has 39 heavy (non-hydrogen) atoms. The zero-order valence-electron chi connectivity index (χ0n) is 22.3. The summed E-state index contributed by atoms with van der Waals surface area (Å²) in [5.74, 6) is 1.43. The number of fused-ring (bicyclic) bond motifs is 2. The molecule has 0 bridgehead atoms. The Balaban J connectivity index is 1.40. The molecule has 1 saturated carbocycles. The summed E-state index contributed by atoms with van der Waals surface area (Å²) in [6.45, 7) is 8.39. The Labute approximate surface area is 225 Å². The SMILES string of the molecule is Cc1cnc(F)c(-c2cc3c(-c4nc(N[C@H]5CCNCC5(C)C)c5c(C6CC6)cncc5n4)ccnc3[nH]2)c1. The van der Waals surface area contributed by atoms with Gasteiger partial charge in [0.05, 0.1) is 23.0 Å². The van der Waals surface area contributed by atoms with Gasteiger partial charge in [-0.3, -0.25) is 4.98 Å².